The summed E-state index contributed by atoms with van der Waals surface area (Å²) in [4.78, 5) is 53.9. The molecule has 2 aromatic heterocycles. The monoisotopic (exact) mass is 488 g/mol. The molecule has 1 aliphatic carbocycles. The van der Waals surface area contributed by atoms with Gasteiger partial charge in [0.05, 0.1) is 5.52 Å². The fraction of sp³-hybridized carbons (Fsp3) is 0.680. The first-order chi connectivity index (χ1) is 16.4. The molecule has 0 unspecified atom stereocenters. The summed E-state index contributed by atoms with van der Waals surface area (Å²) in [5, 5.41) is 4.69. The Labute approximate surface area is 203 Å². The maximum Gasteiger partial charge on any atom is 0.332 e. The Morgan fingerprint density at radius 1 is 1.09 bits per heavy atom. The number of thiophene rings is 1. The van der Waals surface area contributed by atoms with Gasteiger partial charge in [-0.15, -0.1) is 11.3 Å². The Morgan fingerprint density at radius 3 is 2.47 bits per heavy atom. The van der Waals surface area contributed by atoms with Crippen molar-refractivity contribution in [1.29, 1.82) is 0 Å². The zero-order valence-corrected chi connectivity index (χ0v) is 21.1. The first-order valence-corrected chi connectivity index (χ1v) is 13.6. The standard InChI is InChI=1S/C25H36N4O4S/c1-3-17(2)26-21(30)16-28-20-11-14-34-22(20)24(32)29(25(28)33)15-18-7-9-19(10-8-18)23(31)27-12-5-4-6-13-27/h11,14,17-19H,3-10,12-13,15-16H2,1-2H3,(H,26,30)/t17-,18?,19?/m0/s1. The Bertz CT molecular complexity index is 1140. The number of nitrogens with one attached hydrogen (secondary N) is 1. The van der Waals surface area contributed by atoms with Crippen molar-refractivity contribution >= 4 is 33.4 Å². The first-order valence-electron chi connectivity index (χ1n) is 12.7. The van der Waals surface area contributed by atoms with Crippen LogP contribution in [0.1, 0.15) is 65.2 Å². The maximum atomic E-state index is 13.3. The van der Waals surface area contributed by atoms with E-state index in [0.717, 1.165) is 58.0 Å². The number of hydrogen-bond acceptors (Lipinski definition) is 5. The van der Waals surface area contributed by atoms with E-state index in [2.05, 4.69) is 5.32 Å². The summed E-state index contributed by atoms with van der Waals surface area (Å²) in [7, 11) is 0. The van der Waals surface area contributed by atoms with Crippen molar-refractivity contribution in [3.8, 4) is 0 Å². The number of piperidine rings is 1. The highest BCUT2D eigenvalue weighted by molar-refractivity contribution is 7.17. The van der Waals surface area contributed by atoms with Crippen molar-refractivity contribution in [2.45, 2.75) is 84.3 Å². The molecule has 4 rings (SSSR count). The summed E-state index contributed by atoms with van der Waals surface area (Å²) >= 11 is 1.30. The van der Waals surface area contributed by atoms with Crippen LogP contribution in [0.2, 0.25) is 0 Å². The lowest BCUT2D eigenvalue weighted by atomic mass is 9.81. The van der Waals surface area contributed by atoms with Gasteiger partial charge in [0.25, 0.3) is 5.56 Å². The van der Waals surface area contributed by atoms with Crippen LogP contribution in [0.4, 0.5) is 0 Å². The SMILES string of the molecule is CC[C@H](C)NC(=O)Cn1c(=O)n(CC2CCC(C(=O)N3CCCCC3)CC2)c(=O)c2sccc21. The van der Waals surface area contributed by atoms with Gasteiger partial charge in [-0.05, 0) is 75.7 Å². The van der Waals surface area contributed by atoms with Crippen LogP contribution >= 0.6 is 11.3 Å². The lowest BCUT2D eigenvalue weighted by Crippen LogP contribution is -2.45. The van der Waals surface area contributed by atoms with E-state index in [1.807, 2.05) is 18.7 Å². The van der Waals surface area contributed by atoms with E-state index in [0.29, 0.717) is 16.8 Å². The highest BCUT2D eigenvalue weighted by Gasteiger charge is 2.31. The van der Waals surface area contributed by atoms with Crippen LogP contribution in [-0.4, -0.2) is 45.0 Å². The first kappa shape index (κ1) is 24.7. The molecule has 9 heteroatoms. The number of carbonyl (C=O) groups is 2. The Morgan fingerprint density at radius 2 is 1.79 bits per heavy atom. The minimum atomic E-state index is -0.429. The van der Waals surface area contributed by atoms with Crippen LogP contribution < -0.4 is 16.6 Å². The van der Waals surface area contributed by atoms with E-state index in [4.69, 9.17) is 0 Å². The van der Waals surface area contributed by atoms with Crippen molar-refractivity contribution in [3.05, 3.63) is 32.3 Å². The van der Waals surface area contributed by atoms with Gasteiger partial charge in [-0.2, -0.15) is 0 Å². The second-order valence-corrected chi connectivity index (χ2v) is 10.8. The van der Waals surface area contributed by atoms with Crippen molar-refractivity contribution in [2.24, 2.45) is 11.8 Å². The molecule has 0 aromatic carbocycles. The molecule has 3 heterocycles. The van der Waals surface area contributed by atoms with E-state index in [9.17, 15) is 19.2 Å². The highest BCUT2D eigenvalue weighted by atomic mass is 32.1. The number of amides is 2. The summed E-state index contributed by atoms with van der Waals surface area (Å²) in [6.07, 6.45) is 7.46. The number of fused-ring (bicyclic) bond motifs is 1. The second kappa shape index (κ2) is 10.9. The molecule has 2 aliphatic rings. The van der Waals surface area contributed by atoms with Crippen molar-refractivity contribution < 1.29 is 9.59 Å². The highest BCUT2D eigenvalue weighted by Crippen LogP contribution is 2.31. The van der Waals surface area contributed by atoms with E-state index in [1.165, 1.54) is 26.9 Å². The minimum Gasteiger partial charge on any atom is -0.352 e. The third-order valence-corrected chi connectivity index (χ3v) is 8.35. The van der Waals surface area contributed by atoms with Gasteiger partial charge >= 0.3 is 5.69 Å². The summed E-state index contributed by atoms with van der Waals surface area (Å²) in [5.74, 6) is 0.290. The molecule has 34 heavy (non-hydrogen) atoms. The fourth-order valence-corrected chi connectivity index (χ4v) is 6.08. The summed E-state index contributed by atoms with van der Waals surface area (Å²) in [6, 6.07) is 1.76. The average Bonchev–Trinajstić information content (AvgIpc) is 3.35. The molecule has 186 valence electrons. The topological polar surface area (TPSA) is 93.4 Å². The smallest absolute Gasteiger partial charge is 0.332 e. The van der Waals surface area contributed by atoms with E-state index >= 15 is 0 Å². The van der Waals surface area contributed by atoms with Gasteiger partial charge < -0.3 is 10.2 Å². The molecule has 8 nitrogen and oxygen atoms in total. The second-order valence-electron chi connectivity index (χ2n) is 9.90. The van der Waals surface area contributed by atoms with E-state index < -0.39 is 5.69 Å². The molecule has 1 saturated heterocycles. The van der Waals surface area contributed by atoms with Gasteiger partial charge in [0.1, 0.15) is 11.2 Å². The van der Waals surface area contributed by atoms with Crippen molar-refractivity contribution in [1.82, 2.24) is 19.4 Å². The molecule has 1 atom stereocenters. The Kier molecular flexibility index (Phi) is 7.91. The predicted molar refractivity (Wildman–Crippen MR) is 134 cm³/mol. The van der Waals surface area contributed by atoms with Gasteiger partial charge in [-0.25, -0.2) is 4.79 Å². The summed E-state index contributed by atoms with van der Waals surface area (Å²) < 4.78 is 3.24. The largest absolute Gasteiger partial charge is 0.352 e. The molecular weight excluding hydrogens is 452 g/mol. The molecule has 0 bridgehead atoms. The van der Waals surface area contributed by atoms with Gasteiger partial charge in [-0.1, -0.05) is 6.92 Å². The van der Waals surface area contributed by atoms with Gasteiger partial charge in [0.2, 0.25) is 11.8 Å². The summed E-state index contributed by atoms with van der Waals surface area (Å²) in [6.45, 7) is 5.90. The lowest BCUT2D eigenvalue weighted by Gasteiger charge is -2.34. The number of aromatic nitrogens is 2. The zero-order chi connectivity index (χ0) is 24.2. The Hall–Kier alpha value is -2.42. The van der Waals surface area contributed by atoms with E-state index in [-0.39, 0.29) is 41.8 Å². The van der Waals surface area contributed by atoms with E-state index in [1.54, 1.807) is 11.4 Å². The molecule has 0 spiro atoms. The maximum absolute atomic E-state index is 13.3. The molecule has 1 saturated carbocycles. The van der Waals surface area contributed by atoms with Crippen molar-refractivity contribution in [3.63, 3.8) is 0 Å². The molecule has 2 aromatic rings. The van der Waals surface area contributed by atoms with Crippen LogP contribution in [-0.2, 0) is 22.7 Å². The van der Waals surface area contributed by atoms with Crippen LogP contribution in [0.5, 0.6) is 0 Å². The van der Waals surface area contributed by atoms with Crippen LogP contribution in [0, 0.1) is 11.8 Å². The van der Waals surface area contributed by atoms with Gasteiger partial charge in [-0.3, -0.25) is 23.5 Å². The Balaban J connectivity index is 1.48. The summed E-state index contributed by atoms with van der Waals surface area (Å²) in [5.41, 5.74) is -0.187. The van der Waals surface area contributed by atoms with Crippen LogP contribution in [0.25, 0.3) is 10.2 Å². The van der Waals surface area contributed by atoms with Crippen LogP contribution in [0.15, 0.2) is 21.0 Å². The van der Waals surface area contributed by atoms with Gasteiger partial charge in [0, 0.05) is 31.6 Å². The number of rotatable bonds is 7. The third kappa shape index (κ3) is 5.29. The average molecular weight is 489 g/mol. The quantitative estimate of drug-likeness (QED) is 0.648. The molecule has 2 amide bonds. The van der Waals surface area contributed by atoms with Gasteiger partial charge in [0.15, 0.2) is 0 Å². The lowest BCUT2D eigenvalue weighted by molar-refractivity contribution is -0.137. The number of likely N-dealkylation sites (tertiary alicyclic amines) is 1. The van der Waals surface area contributed by atoms with Crippen LogP contribution in [0.3, 0.4) is 0 Å². The number of nitrogens with zero attached hydrogens (tertiary/aromatic N) is 3. The zero-order valence-electron chi connectivity index (χ0n) is 20.3. The number of carbonyl (C=O) groups excluding carboxylic acids is 2. The predicted octanol–water partition coefficient (Wildman–Crippen LogP) is 2.96. The van der Waals surface area contributed by atoms with Crippen molar-refractivity contribution in [2.75, 3.05) is 13.1 Å². The fourth-order valence-electron chi connectivity index (χ4n) is 5.24. The molecule has 1 N–H and O–H groups in total. The normalized spacial score (nSPS) is 22.0. The molecule has 2 fully saturated rings. The molecular formula is C25H36N4O4S. The third-order valence-electron chi connectivity index (χ3n) is 7.46. The molecule has 1 aliphatic heterocycles. The minimum absolute atomic E-state index is 0.0231. The molecule has 0 radical (unpaired) electrons. The number of hydrogen-bond donors (Lipinski definition) is 1.